The first-order chi connectivity index (χ1) is 14.1. The fraction of sp³-hybridized carbons (Fsp3) is 0.476. The zero-order valence-electron chi connectivity index (χ0n) is 17.0. The number of thioether (sulfide) groups is 1. The van der Waals surface area contributed by atoms with Crippen molar-refractivity contribution < 1.29 is 4.79 Å². The number of hydrogen-bond acceptors (Lipinski definition) is 6. The molecule has 1 fully saturated rings. The SMILES string of the molecule is CC(C)c1nccn1CCN1CCN(C(=O)CSc2nc3ccccc3s2)CC1. The van der Waals surface area contributed by atoms with Crippen molar-refractivity contribution in [2.24, 2.45) is 0 Å². The molecule has 3 aromatic rings. The van der Waals surface area contributed by atoms with Crippen molar-refractivity contribution in [1.82, 2.24) is 24.3 Å². The zero-order chi connectivity index (χ0) is 20.2. The van der Waals surface area contributed by atoms with Crippen LogP contribution >= 0.6 is 23.1 Å². The van der Waals surface area contributed by atoms with Gasteiger partial charge >= 0.3 is 0 Å². The number of rotatable bonds is 7. The van der Waals surface area contributed by atoms with Crippen LogP contribution < -0.4 is 0 Å². The molecule has 154 valence electrons. The molecule has 0 aliphatic carbocycles. The van der Waals surface area contributed by atoms with Gasteiger partial charge in [0.1, 0.15) is 5.82 Å². The summed E-state index contributed by atoms with van der Waals surface area (Å²) in [4.78, 5) is 26.1. The van der Waals surface area contributed by atoms with Gasteiger partial charge in [-0.25, -0.2) is 9.97 Å². The summed E-state index contributed by atoms with van der Waals surface area (Å²) >= 11 is 3.21. The Bertz CT molecular complexity index is 926. The van der Waals surface area contributed by atoms with E-state index in [0.29, 0.717) is 11.7 Å². The molecular formula is C21H27N5OS2. The number of imidazole rings is 1. The minimum atomic E-state index is 0.214. The number of nitrogens with zero attached hydrogens (tertiary/aromatic N) is 5. The Labute approximate surface area is 179 Å². The minimum Gasteiger partial charge on any atom is -0.339 e. The standard InChI is InChI=1S/C21H27N5OS2/c1-16(2)20-22-7-8-26(20)14-11-24-9-12-25(13-10-24)19(27)15-28-21-23-17-5-3-4-6-18(17)29-21/h3-8,16H,9-15H2,1-2H3. The highest BCUT2D eigenvalue weighted by molar-refractivity contribution is 8.01. The molecule has 0 radical (unpaired) electrons. The molecule has 2 aromatic heterocycles. The van der Waals surface area contributed by atoms with Crippen molar-refractivity contribution in [3.63, 3.8) is 0 Å². The summed E-state index contributed by atoms with van der Waals surface area (Å²) in [7, 11) is 0. The van der Waals surface area contributed by atoms with E-state index in [2.05, 4.69) is 45.5 Å². The number of fused-ring (bicyclic) bond motifs is 1. The molecule has 0 unspecified atom stereocenters. The Hall–Kier alpha value is -1.90. The van der Waals surface area contributed by atoms with Crippen LogP contribution in [0.3, 0.4) is 0 Å². The number of benzene rings is 1. The second-order valence-electron chi connectivity index (χ2n) is 7.59. The van der Waals surface area contributed by atoms with Crippen LogP contribution in [-0.4, -0.2) is 68.7 Å². The average molecular weight is 430 g/mol. The third-order valence-corrected chi connectivity index (χ3v) is 7.40. The molecule has 4 rings (SSSR count). The molecule has 1 aromatic carbocycles. The van der Waals surface area contributed by atoms with E-state index in [1.807, 2.05) is 29.3 Å². The number of amides is 1. The first kappa shape index (κ1) is 20.4. The first-order valence-corrected chi connectivity index (χ1v) is 11.9. The van der Waals surface area contributed by atoms with Gasteiger partial charge in [0.15, 0.2) is 4.34 Å². The van der Waals surface area contributed by atoms with Crippen molar-refractivity contribution in [3.8, 4) is 0 Å². The van der Waals surface area contributed by atoms with Crippen molar-refractivity contribution >= 4 is 39.2 Å². The third kappa shape index (κ3) is 4.99. The number of para-hydroxylation sites is 1. The molecular weight excluding hydrogens is 402 g/mol. The fourth-order valence-electron chi connectivity index (χ4n) is 3.61. The average Bonchev–Trinajstić information content (AvgIpc) is 3.37. The van der Waals surface area contributed by atoms with Crippen LogP contribution in [0.5, 0.6) is 0 Å². The van der Waals surface area contributed by atoms with Crippen molar-refractivity contribution in [2.75, 3.05) is 38.5 Å². The summed E-state index contributed by atoms with van der Waals surface area (Å²) in [6, 6.07) is 8.12. The molecule has 1 aliphatic rings. The second kappa shape index (κ2) is 9.28. The predicted octanol–water partition coefficient (Wildman–Crippen LogP) is 3.55. The first-order valence-electron chi connectivity index (χ1n) is 10.1. The van der Waals surface area contributed by atoms with Crippen LogP contribution in [0.15, 0.2) is 41.0 Å². The number of aromatic nitrogens is 3. The van der Waals surface area contributed by atoms with Gasteiger partial charge in [-0.05, 0) is 12.1 Å². The molecule has 1 aliphatic heterocycles. The van der Waals surface area contributed by atoms with Crippen LogP contribution in [0, 0.1) is 0 Å². The Kier molecular flexibility index (Phi) is 6.52. The molecule has 1 saturated heterocycles. The molecule has 1 amide bonds. The lowest BCUT2D eigenvalue weighted by molar-refractivity contribution is -0.130. The maximum atomic E-state index is 12.6. The second-order valence-corrected chi connectivity index (χ2v) is 9.85. The molecule has 6 nitrogen and oxygen atoms in total. The molecule has 0 spiro atoms. The van der Waals surface area contributed by atoms with E-state index in [9.17, 15) is 4.79 Å². The van der Waals surface area contributed by atoms with Crippen molar-refractivity contribution in [1.29, 1.82) is 0 Å². The Morgan fingerprint density at radius 2 is 1.97 bits per heavy atom. The van der Waals surface area contributed by atoms with Crippen LogP contribution in [0.2, 0.25) is 0 Å². The van der Waals surface area contributed by atoms with Gasteiger partial charge in [0.05, 0.1) is 16.0 Å². The Morgan fingerprint density at radius 3 is 2.72 bits per heavy atom. The van der Waals surface area contributed by atoms with E-state index >= 15 is 0 Å². The molecule has 3 heterocycles. The van der Waals surface area contributed by atoms with E-state index in [1.54, 1.807) is 23.1 Å². The van der Waals surface area contributed by atoms with E-state index in [-0.39, 0.29) is 5.91 Å². The lowest BCUT2D eigenvalue weighted by Gasteiger charge is -2.34. The van der Waals surface area contributed by atoms with Crippen LogP contribution in [-0.2, 0) is 11.3 Å². The molecule has 0 atom stereocenters. The van der Waals surface area contributed by atoms with Gasteiger partial charge in [-0.15, -0.1) is 11.3 Å². The zero-order valence-corrected chi connectivity index (χ0v) is 18.6. The van der Waals surface area contributed by atoms with Crippen LogP contribution in [0.4, 0.5) is 0 Å². The lowest BCUT2D eigenvalue weighted by Crippen LogP contribution is -2.49. The molecule has 0 N–H and O–H groups in total. The number of carbonyl (C=O) groups is 1. The summed E-state index contributed by atoms with van der Waals surface area (Å²) in [5.41, 5.74) is 1.01. The number of carbonyl (C=O) groups excluding carboxylic acids is 1. The van der Waals surface area contributed by atoms with E-state index in [1.165, 1.54) is 4.70 Å². The van der Waals surface area contributed by atoms with Gasteiger partial charge in [-0.1, -0.05) is 37.7 Å². The highest BCUT2D eigenvalue weighted by Gasteiger charge is 2.21. The minimum absolute atomic E-state index is 0.214. The molecule has 0 saturated carbocycles. The van der Waals surface area contributed by atoms with Crippen LogP contribution in [0.25, 0.3) is 10.2 Å². The van der Waals surface area contributed by atoms with Gasteiger partial charge in [0.25, 0.3) is 0 Å². The lowest BCUT2D eigenvalue weighted by atomic mass is 10.2. The number of hydrogen-bond donors (Lipinski definition) is 0. The van der Waals surface area contributed by atoms with Gasteiger partial charge < -0.3 is 9.47 Å². The fourth-order valence-corrected chi connectivity index (χ4v) is 5.58. The maximum Gasteiger partial charge on any atom is 0.233 e. The third-order valence-electron chi connectivity index (χ3n) is 5.24. The summed E-state index contributed by atoms with van der Waals surface area (Å²) in [6.45, 7) is 9.78. The summed E-state index contributed by atoms with van der Waals surface area (Å²) in [5.74, 6) is 2.26. The van der Waals surface area contributed by atoms with Gasteiger partial charge in [-0.2, -0.15) is 0 Å². The van der Waals surface area contributed by atoms with E-state index < -0.39 is 0 Å². The van der Waals surface area contributed by atoms with Crippen molar-refractivity contribution in [2.45, 2.75) is 30.6 Å². The van der Waals surface area contributed by atoms with Gasteiger partial charge in [0, 0.05) is 57.6 Å². The Balaban J connectivity index is 1.21. The Morgan fingerprint density at radius 1 is 1.17 bits per heavy atom. The maximum absolute atomic E-state index is 12.6. The van der Waals surface area contributed by atoms with E-state index in [4.69, 9.17) is 0 Å². The largest absolute Gasteiger partial charge is 0.339 e. The van der Waals surface area contributed by atoms with Gasteiger partial charge in [-0.3, -0.25) is 9.69 Å². The topological polar surface area (TPSA) is 54.3 Å². The monoisotopic (exact) mass is 429 g/mol. The summed E-state index contributed by atoms with van der Waals surface area (Å²) < 4.78 is 4.39. The smallest absolute Gasteiger partial charge is 0.233 e. The van der Waals surface area contributed by atoms with Crippen molar-refractivity contribution in [3.05, 3.63) is 42.5 Å². The summed E-state index contributed by atoms with van der Waals surface area (Å²) in [5, 5.41) is 0. The highest BCUT2D eigenvalue weighted by Crippen LogP contribution is 2.29. The predicted molar refractivity (Wildman–Crippen MR) is 120 cm³/mol. The van der Waals surface area contributed by atoms with E-state index in [0.717, 1.165) is 54.9 Å². The molecule has 0 bridgehead atoms. The highest BCUT2D eigenvalue weighted by atomic mass is 32.2. The number of piperazine rings is 1. The normalized spacial score (nSPS) is 15.5. The molecule has 29 heavy (non-hydrogen) atoms. The summed E-state index contributed by atoms with van der Waals surface area (Å²) in [6.07, 6.45) is 3.95. The molecule has 8 heteroatoms. The number of thiazole rings is 1. The van der Waals surface area contributed by atoms with Crippen LogP contribution in [0.1, 0.15) is 25.6 Å². The van der Waals surface area contributed by atoms with Gasteiger partial charge in [0.2, 0.25) is 5.91 Å². The quantitative estimate of drug-likeness (QED) is 0.538.